The first-order valence-corrected chi connectivity index (χ1v) is 15.1. The topological polar surface area (TPSA) is 174 Å². The van der Waals surface area contributed by atoms with Gasteiger partial charge in [-0.2, -0.15) is 23.1 Å². The molecule has 0 radical (unpaired) electrons. The van der Waals surface area contributed by atoms with Crippen LogP contribution in [0.3, 0.4) is 0 Å². The number of nitrogen functional groups attached to an aromatic ring is 1. The van der Waals surface area contributed by atoms with Crippen molar-refractivity contribution in [1.82, 2.24) is 15.3 Å². The van der Waals surface area contributed by atoms with Gasteiger partial charge in [0.25, 0.3) is 0 Å². The lowest BCUT2D eigenvalue weighted by atomic mass is 9.76. The van der Waals surface area contributed by atoms with Gasteiger partial charge >= 0.3 is 12.1 Å². The molecule has 0 bridgehead atoms. The number of hydrogen-bond acceptors (Lipinski definition) is 9. The van der Waals surface area contributed by atoms with Crippen LogP contribution in [0.4, 0.5) is 24.9 Å². The zero-order chi connectivity index (χ0) is 31.2. The first-order chi connectivity index (χ1) is 20.1. The summed E-state index contributed by atoms with van der Waals surface area (Å²) in [7, 11) is -4.14. The maximum Gasteiger partial charge on any atom is 0.429 e. The lowest BCUT2D eigenvalue weighted by Crippen LogP contribution is -2.41. The molecule has 2 aromatic carbocycles. The monoisotopic (exact) mass is 640 g/mol. The predicted octanol–water partition coefficient (Wildman–Crippen LogP) is 3.74. The zero-order valence-electron chi connectivity index (χ0n) is 22.5. The van der Waals surface area contributed by atoms with E-state index in [9.17, 15) is 31.5 Å². The summed E-state index contributed by atoms with van der Waals surface area (Å²) in [6.45, 7) is 1.53. The van der Waals surface area contributed by atoms with Crippen LogP contribution in [0.5, 0.6) is 5.88 Å². The number of primary sulfonamides is 1. The van der Waals surface area contributed by atoms with Gasteiger partial charge in [-0.25, -0.2) is 13.6 Å². The molecule has 43 heavy (non-hydrogen) atoms. The van der Waals surface area contributed by atoms with Crippen molar-refractivity contribution in [2.24, 2.45) is 10.6 Å². The summed E-state index contributed by atoms with van der Waals surface area (Å²) in [6, 6.07) is 9.52. The van der Waals surface area contributed by atoms with Gasteiger partial charge in [-0.05, 0) is 60.1 Å². The van der Waals surface area contributed by atoms with E-state index in [-0.39, 0.29) is 43.8 Å². The zero-order valence-corrected chi connectivity index (χ0v) is 24.1. The highest BCUT2D eigenvalue weighted by Gasteiger charge is 2.46. The molecular formula is C27H28ClF3N6O5S. The fourth-order valence-electron chi connectivity index (χ4n) is 5.61. The molecule has 2 fully saturated rings. The number of nitrogens with one attached hydrogen (secondary N) is 1. The number of alkyl halides is 3. The summed E-state index contributed by atoms with van der Waals surface area (Å²) in [5, 5.41) is 17.7. The van der Waals surface area contributed by atoms with Crippen molar-refractivity contribution in [1.29, 1.82) is 0 Å². The van der Waals surface area contributed by atoms with E-state index in [2.05, 4.69) is 15.3 Å². The van der Waals surface area contributed by atoms with E-state index >= 15 is 0 Å². The molecule has 2 atom stereocenters. The molecule has 1 aromatic heterocycles. The second-order valence-corrected chi connectivity index (χ2v) is 12.7. The number of halogens is 4. The van der Waals surface area contributed by atoms with Crippen LogP contribution in [0.1, 0.15) is 30.9 Å². The Balaban J connectivity index is 1.44. The van der Waals surface area contributed by atoms with Crippen LogP contribution in [-0.2, 0) is 14.8 Å². The van der Waals surface area contributed by atoms with Crippen LogP contribution in [0.15, 0.2) is 53.4 Å². The second-order valence-electron chi connectivity index (χ2n) is 10.7. The van der Waals surface area contributed by atoms with Gasteiger partial charge in [0, 0.05) is 36.3 Å². The molecule has 2 saturated heterocycles. The molecular weight excluding hydrogens is 613 g/mol. The van der Waals surface area contributed by atoms with Gasteiger partial charge in [-0.15, -0.1) is 0 Å². The third-order valence-electron chi connectivity index (χ3n) is 7.82. The number of nitrogens with two attached hydrogens (primary N) is 2. The van der Waals surface area contributed by atoms with Gasteiger partial charge in [-0.3, -0.25) is 4.79 Å². The van der Waals surface area contributed by atoms with Crippen molar-refractivity contribution in [3.8, 4) is 17.0 Å². The van der Waals surface area contributed by atoms with Crippen LogP contribution in [0.2, 0.25) is 5.02 Å². The number of carboxylic acids is 1. The van der Waals surface area contributed by atoms with Gasteiger partial charge in [0.1, 0.15) is 11.9 Å². The number of nitrogens with zero attached hydrogens (tertiary/aromatic N) is 3. The van der Waals surface area contributed by atoms with E-state index in [1.165, 1.54) is 36.4 Å². The molecule has 0 saturated carbocycles. The summed E-state index contributed by atoms with van der Waals surface area (Å²) >= 11 is 6.13. The van der Waals surface area contributed by atoms with Crippen LogP contribution in [-0.4, -0.2) is 61.3 Å². The maximum absolute atomic E-state index is 14.6. The Morgan fingerprint density at radius 1 is 1.16 bits per heavy atom. The first kappa shape index (κ1) is 30.8. The third-order valence-corrected chi connectivity index (χ3v) is 8.97. The second kappa shape index (κ2) is 11.4. The summed E-state index contributed by atoms with van der Waals surface area (Å²) in [5.74, 6) is -1.34. The van der Waals surface area contributed by atoms with E-state index in [0.717, 1.165) is 12.1 Å². The standard InChI is InChI=1S/C27H28ClF3N6O5S/c28-16-4-5-18(19(11-16)15-2-1-3-17(10-15)43(33,40)41)23(27(29,30)31)42-22-12-21(35-25(32)36-22)37-8-6-26(7-9-37)13-20(24(38)39)34-14-26/h1-5,10-12,20,23,34H,6-9,13-14H2,(H,38,39)(H2,32,35,36)(H2,33,40,41)/t20?,23-/m1/s1. The highest BCUT2D eigenvalue weighted by molar-refractivity contribution is 7.89. The molecule has 3 aromatic rings. The minimum Gasteiger partial charge on any atom is -0.480 e. The summed E-state index contributed by atoms with van der Waals surface area (Å²) < 4.78 is 73.0. The molecule has 6 N–H and O–H groups in total. The van der Waals surface area contributed by atoms with E-state index < -0.39 is 40.2 Å². The van der Waals surface area contributed by atoms with Gasteiger partial charge in [-0.1, -0.05) is 29.8 Å². The molecule has 0 aliphatic carbocycles. The number of benzene rings is 2. The molecule has 2 aliphatic heterocycles. The van der Waals surface area contributed by atoms with Crippen molar-refractivity contribution in [3.63, 3.8) is 0 Å². The Hall–Kier alpha value is -3.66. The Labute approximate surface area is 250 Å². The quantitative estimate of drug-likeness (QED) is 0.298. The molecule has 3 heterocycles. The maximum atomic E-state index is 14.6. The van der Waals surface area contributed by atoms with Crippen LogP contribution < -0.4 is 25.8 Å². The lowest BCUT2D eigenvalue weighted by molar-refractivity contribution is -0.198. The normalized spacial score (nSPS) is 19.4. The number of aromatic nitrogens is 2. The van der Waals surface area contributed by atoms with E-state index in [1.807, 2.05) is 4.90 Å². The van der Waals surface area contributed by atoms with Crippen molar-refractivity contribution >= 4 is 39.4 Å². The van der Waals surface area contributed by atoms with E-state index in [1.54, 1.807) is 0 Å². The molecule has 16 heteroatoms. The molecule has 5 rings (SSSR count). The number of ether oxygens (including phenoxy) is 1. The first-order valence-electron chi connectivity index (χ1n) is 13.2. The molecule has 11 nitrogen and oxygen atoms in total. The molecule has 1 unspecified atom stereocenters. The number of carbonyl (C=O) groups is 1. The fraction of sp³-hybridized carbons (Fsp3) is 0.370. The third kappa shape index (κ3) is 6.79. The Morgan fingerprint density at radius 3 is 2.51 bits per heavy atom. The predicted molar refractivity (Wildman–Crippen MR) is 152 cm³/mol. The number of hydrogen-bond donors (Lipinski definition) is 4. The molecule has 0 amide bonds. The highest BCUT2D eigenvalue weighted by atomic mass is 35.5. The SMILES string of the molecule is Nc1nc(O[C@H](c2ccc(Cl)cc2-c2cccc(S(N)(=O)=O)c2)C(F)(F)F)cc(N2CCC3(CC2)CNC(C(=O)O)C3)n1. The van der Waals surface area contributed by atoms with Crippen molar-refractivity contribution < 1.29 is 36.2 Å². The Morgan fingerprint density at radius 2 is 1.88 bits per heavy atom. The van der Waals surface area contributed by atoms with Crippen molar-refractivity contribution in [2.75, 3.05) is 30.3 Å². The number of aliphatic carboxylic acids is 1. The number of piperidine rings is 1. The number of rotatable bonds is 7. The minimum absolute atomic E-state index is 0.0197. The average molecular weight is 641 g/mol. The van der Waals surface area contributed by atoms with Gasteiger partial charge in [0.2, 0.25) is 28.0 Å². The Bertz CT molecular complexity index is 1650. The van der Waals surface area contributed by atoms with E-state index in [0.29, 0.717) is 38.9 Å². The lowest BCUT2D eigenvalue weighted by Gasteiger charge is -2.39. The summed E-state index contributed by atoms with van der Waals surface area (Å²) in [4.78, 5) is 21.0. The largest absolute Gasteiger partial charge is 0.480 e. The number of sulfonamides is 1. The van der Waals surface area contributed by atoms with Crippen LogP contribution >= 0.6 is 11.6 Å². The van der Waals surface area contributed by atoms with Gasteiger partial charge in [0.15, 0.2) is 0 Å². The number of carboxylic acid groups (broad SMARTS) is 1. The van der Waals surface area contributed by atoms with E-state index in [4.69, 9.17) is 27.2 Å². The fourth-order valence-corrected chi connectivity index (χ4v) is 6.34. The molecule has 1 spiro atoms. The van der Waals surface area contributed by atoms with Crippen molar-refractivity contribution in [3.05, 3.63) is 59.1 Å². The smallest absolute Gasteiger partial charge is 0.429 e. The summed E-state index contributed by atoms with van der Waals surface area (Å²) in [6.07, 6.45) is -5.68. The highest BCUT2D eigenvalue weighted by Crippen LogP contribution is 2.43. The van der Waals surface area contributed by atoms with Gasteiger partial charge < -0.3 is 25.8 Å². The van der Waals surface area contributed by atoms with Crippen LogP contribution in [0, 0.1) is 5.41 Å². The average Bonchev–Trinajstić information content (AvgIpc) is 3.35. The minimum atomic E-state index is -4.94. The number of anilines is 2. The molecule has 230 valence electrons. The van der Waals surface area contributed by atoms with Crippen molar-refractivity contribution in [2.45, 2.75) is 42.5 Å². The van der Waals surface area contributed by atoms with Gasteiger partial charge in [0.05, 0.1) is 4.90 Å². The molecule has 2 aliphatic rings. The van der Waals surface area contributed by atoms with Crippen LogP contribution in [0.25, 0.3) is 11.1 Å². The Kier molecular flexibility index (Phi) is 8.19. The summed E-state index contributed by atoms with van der Waals surface area (Å²) in [5.41, 5.74) is 5.45.